The van der Waals surface area contributed by atoms with E-state index in [1.807, 2.05) is 0 Å². The van der Waals surface area contributed by atoms with Gasteiger partial charge in [-0.2, -0.15) is 8.78 Å². The number of nitrogens with zero attached hydrogens (tertiary/aromatic N) is 2. The topological polar surface area (TPSA) is 108 Å². The first-order valence-electron chi connectivity index (χ1n) is 8.10. The van der Waals surface area contributed by atoms with Crippen LogP contribution in [-0.4, -0.2) is 56.0 Å². The number of likely N-dealkylation sites (N-methyl/N-ethyl adjacent to an activating group) is 1. The van der Waals surface area contributed by atoms with E-state index >= 15 is 0 Å². The smallest absolute Gasteiger partial charge is 0.325 e. The molecule has 2 aromatic rings. The number of carbonyl (C=O) groups is 2. The molecule has 12 heteroatoms. The van der Waals surface area contributed by atoms with Crippen molar-refractivity contribution in [2.45, 2.75) is 10.7 Å². The first-order valence-corrected chi connectivity index (χ1v) is 10.4. The van der Waals surface area contributed by atoms with Crippen LogP contribution in [0.1, 0.15) is 0 Å². The number of alkyl halides is 2. The average Bonchev–Trinajstić information content (AvgIpc) is 2.63. The molecule has 2 N–H and O–H groups in total. The highest BCUT2D eigenvalue weighted by molar-refractivity contribution is 9.10. The summed E-state index contributed by atoms with van der Waals surface area (Å²) in [5, 5.41) is 5.09. The van der Waals surface area contributed by atoms with Crippen molar-refractivity contribution in [3.05, 3.63) is 47.1 Å². The molecule has 0 aliphatic heterocycles. The lowest BCUT2D eigenvalue weighted by atomic mass is 10.3. The summed E-state index contributed by atoms with van der Waals surface area (Å²) in [5.41, 5.74) is 0.236. The molecule has 156 valence electrons. The fourth-order valence-electron chi connectivity index (χ4n) is 2.21. The SMILES string of the molecule is CN(CC(=O)Nc1ccc(S(=O)(=O)C(F)F)cc1)CC(=O)Nc1ccc(Br)cn1. The van der Waals surface area contributed by atoms with Gasteiger partial charge >= 0.3 is 5.76 Å². The lowest BCUT2D eigenvalue weighted by Gasteiger charge is -2.16. The fourth-order valence-corrected chi connectivity index (χ4v) is 3.17. The van der Waals surface area contributed by atoms with Gasteiger partial charge in [0.25, 0.3) is 0 Å². The van der Waals surface area contributed by atoms with E-state index in [1.165, 1.54) is 23.2 Å². The van der Waals surface area contributed by atoms with Crippen molar-refractivity contribution in [3.63, 3.8) is 0 Å². The minimum absolute atomic E-state index is 0.0727. The second kappa shape index (κ2) is 9.85. The van der Waals surface area contributed by atoms with Gasteiger partial charge < -0.3 is 10.6 Å². The zero-order chi connectivity index (χ0) is 21.6. The van der Waals surface area contributed by atoms with Crippen molar-refractivity contribution in [2.24, 2.45) is 0 Å². The minimum atomic E-state index is -4.69. The summed E-state index contributed by atoms with van der Waals surface area (Å²) in [6.07, 6.45) is 1.53. The Hall–Kier alpha value is -2.44. The van der Waals surface area contributed by atoms with Crippen molar-refractivity contribution in [1.82, 2.24) is 9.88 Å². The Morgan fingerprint density at radius 1 is 1.07 bits per heavy atom. The average molecular weight is 491 g/mol. The zero-order valence-corrected chi connectivity index (χ0v) is 17.5. The molecule has 0 saturated carbocycles. The van der Waals surface area contributed by atoms with Crippen molar-refractivity contribution in [1.29, 1.82) is 0 Å². The van der Waals surface area contributed by atoms with Crippen LogP contribution in [0.25, 0.3) is 0 Å². The Balaban J connectivity index is 1.85. The molecular weight excluding hydrogens is 474 g/mol. The Morgan fingerprint density at radius 3 is 2.17 bits per heavy atom. The van der Waals surface area contributed by atoms with Gasteiger partial charge in [-0.1, -0.05) is 0 Å². The van der Waals surface area contributed by atoms with Gasteiger partial charge in [-0.25, -0.2) is 13.4 Å². The second-order valence-electron chi connectivity index (χ2n) is 5.96. The van der Waals surface area contributed by atoms with E-state index in [1.54, 1.807) is 19.2 Å². The zero-order valence-electron chi connectivity index (χ0n) is 15.1. The van der Waals surface area contributed by atoms with E-state index in [2.05, 4.69) is 31.5 Å². The summed E-state index contributed by atoms with van der Waals surface area (Å²) in [6, 6.07) is 7.72. The molecule has 0 unspecified atom stereocenters. The van der Waals surface area contributed by atoms with E-state index in [4.69, 9.17) is 0 Å². The predicted molar refractivity (Wildman–Crippen MR) is 106 cm³/mol. The van der Waals surface area contributed by atoms with Gasteiger partial charge in [0.1, 0.15) is 5.82 Å². The molecule has 0 aliphatic carbocycles. The first kappa shape index (κ1) is 22.8. The number of carbonyl (C=O) groups excluding carboxylic acids is 2. The number of rotatable bonds is 8. The summed E-state index contributed by atoms with van der Waals surface area (Å²) >= 11 is 3.24. The second-order valence-corrected chi connectivity index (χ2v) is 8.79. The van der Waals surface area contributed by atoms with E-state index in [-0.39, 0.29) is 24.7 Å². The molecule has 0 bridgehead atoms. The Morgan fingerprint density at radius 2 is 1.66 bits per heavy atom. The number of pyridine rings is 1. The molecule has 8 nitrogen and oxygen atoms in total. The highest BCUT2D eigenvalue weighted by Crippen LogP contribution is 2.20. The lowest BCUT2D eigenvalue weighted by molar-refractivity contribution is -0.119. The fraction of sp³-hybridized carbons (Fsp3) is 0.235. The summed E-state index contributed by atoms with van der Waals surface area (Å²) in [7, 11) is -3.13. The normalized spacial score (nSPS) is 11.5. The number of hydrogen-bond acceptors (Lipinski definition) is 6. The van der Waals surface area contributed by atoms with E-state index in [0.717, 1.165) is 16.6 Å². The highest BCUT2D eigenvalue weighted by atomic mass is 79.9. The van der Waals surface area contributed by atoms with Gasteiger partial charge in [0, 0.05) is 16.4 Å². The molecule has 0 radical (unpaired) electrons. The molecule has 2 rings (SSSR count). The molecule has 1 heterocycles. The number of aromatic nitrogens is 1. The third kappa shape index (κ3) is 6.84. The maximum Gasteiger partial charge on any atom is 0.341 e. The van der Waals surface area contributed by atoms with Crippen LogP contribution < -0.4 is 10.6 Å². The lowest BCUT2D eigenvalue weighted by Crippen LogP contribution is -2.36. The standard InChI is InChI=1S/C17H17BrF2N4O4S/c1-24(10-16(26)23-14-7-2-11(18)8-21-14)9-15(25)22-12-3-5-13(6-4-12)29(27,28)17(19)20/h2-8,17H,9-10H2,1H3,(H,22,25)(H,21,23,26). The Labute approximate surface area is 174 Å². The molecule has 29 heavy (non-hydrogen) atoms. The molecule has 1 aromatic heterocycles. The van der Waals surface area contributed by atoms with Crippen LogP contribution in [0.5, 0.6) is 0 Å². The molecule has 0 spiro atoms. The molecule has 0 atom stereocenters. The van der Waals surface area contributed by atoms with Gasteiger partial charge in [0.05, 0.1) is 18.0 Å². The number of halogens is 3. The molecule has 0 fully saturated rings. The molecule has 0 saturated heterocycles. The van der Waals surface area contributed by atoms with Crippen molar-refractivity contribution < 1.29 is 26.8 Å². The van der Waals surface area contributed by atoms with Crippen LogP contribution in [0.15, 0.2) is 52.0 Å². The largest absolute Gasteiger partial charge is 0.341 e. The van der Waals surface area contributed by atoms with Crippen molar-refractivity contribution in [2.75, 3.05) is 30.8 Å². The van der Waals surface area contributed by atoms with Crippen LogP contribution in [0.4, 0.5) is 20.3 Å². The van der Waals surface area contributed by atoms with Crippen LogP contribution >= 0.6 is 15.9 Å². The molecular formula is C17H17BrF2N4O4S. The monoisotopic (exact) mass is 490 g/mol. The predicted octanol–water partition coefficient (Wildman–Crippen LogP) is 2.35. The third-order valence-corrected chi connectivity index (χ3v) is 5.39. The van der Waals surface area contributed by atoms with E-state index in [9.17, 15) is 26.8 Å². The van der Waals surface area contributed by atoms with Crippen LogP contribution in [0, 0.1) is 0 Å². The Kier molecular flexibility index (Phi) is 7.76. The Bertz CT molecular complexity index is 970. The summed E-state index contributed by atoms with van der Waals surface area (Å²) < 4.78 is 48.5. The molecule has 1 aromatic carbocycles. The highest BCUT2D eigenvalue weighted by Gasteiger charge is 2.26. The third-order valence-electron chi connectivity index (χ3n) is 3.52. The van der Waals surface area contributed by atoms with Crippen molar-refractivity contribution in [3.8, 4) is 0 Å². The van der Waals surface area contributed by atoms with Gasteiger partial charge in [-0.3, -0.25) is 14.5 Å². The molecule has 2 amide bonds. The first-order chi connectivity index (χ1) is 13.6. The number of nitrogens with one attached hydrogen (secondary N) is 2. The van der Waals surface area contributed by atoms with Gasteiger partial charge in [-0.15, -0.1) is 0 Å². The summed E-state index contributed by atoms with van der Waals surface area (Å²) in [5.74, 6) is -3.98. The summed E-state index contributed by atoms with van der Waals surface area (Å²) in [4.78, 5) is 29.0. The number of amides is 2. The maximum absolute atomic E-state index is 12.5. The minimum Gasteiger partial charge on any atom is -0.325 e. The quantitative estimate of drug-likeness (QED) is 0.587. The van der Waals surface area contributed by atoms with E-state index in [0.29, 0.717) is 5.82 Å². The number of hydrogen-bond donors (Lipinski definition) is 2. The summed E-state index contributed by atoms with van der Waals surface area (Å²) in [6.45, 7) is -0.199. The maximum atomic E-state index is 12.5. The molecule has 0 aliphatic rings. The van der Waals surface area contributed by atoms with Crippen LogP contribution in [0.2, 0.25) is 0 Å². The van der Waals surface area contributed by atoms with Gasteiger partial charge in [-0.05, 0) is 59.4 Å². The van der Waals surface area contributed by atoms with Crippen LogP contribution in [-0.2, 0) is 19.4 Å². The number of anilines is 2. The van der Waals surface area contributed by atoms with Gasteiger partial charge in [0.15, 0.2) is 0 Å². The van der Waals surface area contributed by atoms with Crippen molar-refractivity contribution >= 4 is 49.1 Å². The number of benzene rings is 1. The number of sulfone groups is 1. The van der Waals surface area contributed by atoms with Crippen LogP contribution in [0.3, 0.4) is 0 Å². The van der Waals surface area contributed by atoms with E-state index < -0.39 is 26.4 Å². The van der Waals surface area contributed by atoms with Gasteiger partial charge in [0.2, 0.25) is 21.7 Å².